The van der Waals surface area contributed by atoms with Crippen molar-refractivity contribution >= 4 is 8.32 Å². The van der Waals surface area contributed by atoms with Crippen molar-refractivity contribution < 1.29 is 14.3 Å². The Morgan fingerprint density at radius 3 is 2.33 bits per heavy atom. The van der Waals surface area contributed by atoms with Gasteiger partial charge in [-0.05, 0) is 24.2 Å². The van der Waals surface area contributed by atoms with Crippen molar-refractivity contribution in [2.75, 3.05) is 6.61 Å². The second kappa shape index (κ2) is 4.37. The molecule has 0 fully saturated rings. The van der Waals surface area contributed by atoms with Crippen LogP contribution in [0.15, 0.2) is 12.2 Å². The second-order valence-electron chi connectivity index (χ2n) is 5.52. The maximum Gasteiger partial charge on any atom is 0.192 e. The van der Waals surface area contributed by atoms with Crippen molar-refractivity contribution in [2.24, 2.45) is 0 Å². The Labute approximate surface area is 93.2 Å². The van der Waals surface area contributed by atoms with Crippen LogP contribution in [0.5, 0.6) is 0 Å². The summed E-state index contributed by atoms with van der Waals surface area (Å²) in [4.78, 5) is 0. The summed E-state index contributed by atoms with van der Waals surface area (Å²) in [6.07, 6.45) is 2.67. The highest BCUT2D eigenvalue weighted by atomic mass is 28.4. The molecular weight excluding hydrogens is 208 g/mol. The number of aliphatic hydroxyl groups excluding tert-OH is 1. The first-order valence-corrected chi connectivity index (χ1v) is 8.29. The van der Waals surface area contributed by atoms with Gasteiger partial charge in [0.05, 0.1) is 6.61 Å². The fourth-order valence-corrected chi connectivity index (χ4v) is 2.10. The quantitative estimate of drug-likeness (QED) is 0.597. The van der Waals surface area contributed by atoms with E-state index in [4.69, 9.17) is 14.3 Å². The fraction of sp³-hybridized carbons (Fsp3) is 0.818. The highest BCUT2D eigenvalue weighted by Gasteiger charge is 2.37. The molecule has 2 atom stereocenters. The summed E-state index contributed by atoms with van der Waals surface area (Å²) in [5, 5.41) is 9.35. The van der Waals surface area contributed by atoms with Crippen LogP contribution in [-0.4, -0.2) is 32.4 Å². The van der Waals surface area contributed by atoms with E-state index in [1.807, 2.05) is 6.08 Å². The molecule has 0 spiro atoms. The fourth-order valence-electron chi connectivity index (χ4n) is 1.09. The molecule has 1 heterocycles. The lowest BCUT2D eigenvalue weighted by molar-refractivity contribution is -0.0842. The van der Waals surface area contributed by atoms with Gasteiger partial charge in [-0.1, -0.05) is 26.8 Å². The first kappa shape index (κ1) is 12.9. The zero-order valence-electron chi connectivity index (χ0n) is 10.3. The largest absolute Gasteiger partial charge is 0.414 e. The molecule has 0 saturated heterocycles. The summed E-state index contributed by atoms with van der Waals surface area (Å²) < 4.78 is 11.2. The predicted octanol–water partition coefficient (Wildman–Crippen LogP) is 2.28. The average molecular weight is 230 g/mol. The summed E-state index contributed by atoms with van der Waals surface area (Å²) in [7, 11) is -1.69. The van der Waals surface area contributed by atoms with Crippen LogP contribution in [0.1, 0.15) is 20.8 Å². The molecule has 1 N–H and O–H groups in total. The Balaban J connectivity index is 2.40. The van der Waals surface area contributed by atoms with Crippen molar-refractivity contribution in [3.8, 4) is 0 Å². The molecular formula is C11H22O3Si. The Bertz CT molecular complexity index is 243. The maximum atomic E-state index is 9.14. The minimum atomic E-state index is -1.69. The van der Waals surface area contributed by atoms with Gasteiger partial charge in [-0.3, -0.25) is 0 Å². The molecule has 0 amide bonds. The number of hydrogen-bond acceptors (Lipinski definition) is 3. The van der Waals surface area contributed by atoms with Crippen molar-refractivity contribution in [2.45, 2.75) is 51.3 Å². The van der Waals surface area contributed by atoms with E-state index in [9.17, 15) is 0 Å². The molecule has 15 heavy (non-hydrogen) atoms. The van der Waals surface area contributed by atoms with Gasteiger partial charge in [0.25, 0.3) is 0 Å². The standard InChI is InChI=1S/C11H22O3Si/c1-11(2,3)15(4,5)13-8-9-6-7-10(12)14-9/h6-7,9-10,12H,8H2,1-5H3. The minimum Gasteiger partial charge on any atom is -0.414 e. The Kier molecular flexibility index (Phi) is 3.76. The molecule has 88 valence electrons. The van der Waals surface area contributed by atoms with Gasteiger partial charge in [0, 0.05) is 0 Å². The highest BCUT2D eigenvalue weighted by molar-refractivity contribution is 6.74. The Hall–Kier alpha value is -0.163. The van der Waals surface area contributed by atoms with Gasteiger partial charge in [0.1, 0.15) is 6.10 Å². The third kappa shape index (κ3) is 3.41. The molecule has 1 aliphatic heterocycles. The van der Waals surface area contributed by atoms with Crippen molar-refractivity contribution in [3.63, 3.8) is 0 Å². The van der Waals surface area contributed by atoms with Crippen LogP contribution in [0.25, 0.3) is 0 Å². The van der Waals surface area contributed by atoms with E-state index in [0.717, 1.165) is 0 Å². The number of ether oxygens (including phenoxy) is 1. The molecule has 0 bridgehead atoms. The van der Waals surface area contributed by atoms with Crippen LogP contribution in [0.3, 0.4) is 0 Å². The van der Waals surface area contributed by atoms with Crippen molar-refractivity contribution in [3.05, 3.63) is 12.2 Å². The Morgan fingerprint density at radius 1 is 1.33 bits per heavy atom. The van der Waals surface area contributed by atoms with Crippen LogP contribution < -0.4 is 0 Å². The molecule has 1 rings (SSSR count). The van der Waals surface area contributed by atoms with E-state index >= 15 is 0 Å². The second-order valence-corrected chi connectivity index (χ2v) is 10.3. The van der Waals surface area contributed by atoms with Crippen LogP contribution >= 0.6 is 0 Å². The van der Waals surface area contributed by atoms with Crippen molar-refractivity contribution in [1.82, 2.24) is 0 Å². The van der Waals surface area contributed by atoms with Gasteiger partial charge in [-0.25, -0.2) is 0 Å². The highest BCUT2D eigenvalue weighted by Crippen LogP contribution is 2.36. The molecule has 1 aliphatic rings. The normalized spacial score (nSPS) is 27.3. The van der Waals surface area contributed by atoms with Crippen LogP contribution in [0.2, 0.25) is 18.1 Å². The molecule has 0 aromatic heterocycles. The lowest BCUT2D eigenvalue weighted by atomic mass is 10.2. The summed E-state index contributed by atoms with van der Waals surface area (Å²) in [5.74, 6) is 0. The third-order valence-electron chi connectivity index (χ3n) is 3.22. The zero-order valence-corrected chi connectivity index (χ0v) is 11.3. The molecule has 0 aromatic rings. The van der Waals surface area contributed by atoms with E-state index in [0.29, 0.717) is 6.61 Å². The van der Waals surface area contributed by atoms with E-state index in [-0.39, 0.29) is 11.1 Å². The maximum absolute atomic E-state index is 9.14. The van der Waals surface area contributed by atoms with Gasteiger partial charge in [-0.2, -0.15) is 0 Å². The summed E-state index contributed by atoms with van der Waals surface area (Å²) in [6.45, 7) is 11.6. The van der Waals surface area contributed by atoms with Crippen LogP contribution in [-0.2, 0) is 9.16 Å². The van der Waals surface area contributed by atoms with Crippen LogP contribution in [0, 0.1) is 0 Å². The van der Waals surface area contributed by atoms with E-state index in [1.165, 1.54) is 0 Å². The minimum absolute atomic E-state index is 0.0888. The summed E-state index contributed by atoms with van der Waals surface area (Å²) in [6, 6.07) is 0. The van der Waals surface area contributed by atoms with E-state index < -0.39 is 14.6 Å². The number of aliphatic hydroxyl groups is 1. The third-order valence-corrected chi connectivity index (χ3v) is 7.72. The SMILES string of the molecule is CC(C)(C)[Si](C)(C)OCC1C=CC(O)O1. The first-order valence-electron chi connectivity index (χ1n) is 5.38. The van der Waals surface area contributed by atoms with Crippen LogP contribution in [0.4, 0.5) is 0 Å². The molecule has 3 nitrogen and oxygen atoms in total. The number of hydrogen-bond donors (Lipinski definition) is 1. The van der Waals surface area contributed by atoms with Gasteiger partial charge < -0.3 is 14.3 Å². The summed E-state index contributed by atoms with van der Waals surface area (Å²) >= 11 is 0. The monoisotopic (exact) mass is 230 g/mol. The molecule has 4 heteroatoms. The van der Waals surface area contributed by atoms with Crippen molar-refractivity contribution in [1.29, 1.82) is 0 Å². The predicted molar refractivity (Wildman–Crippen MR) is 63.2 cm³/mol. The van der Waals surface area contributed by atoms with Gasteiger partial charge in [0.2, 0.25) is 0 Å². The smallest absolute Gasteiger partial charge is 0.192 e. The Morgan fingerprint density at radius 2 is 1.93 bits per heavy atom. The summed E-state index contributed by atoms with van der Waals surface area (Å²) in [5.41, 5.74) is 0. The molecule has 0 saturated carbocycles. The molecule has 0 radical (unpaired) electrons. The van der Waals surface area contributed by atoms with Gasteiger partial charge >= 0.3 is 0 Å². The average Bonchev–Trinajstić information content (AvgIpc) is 2.46. The van der Waals surface area contributed by atoms with Gasteiger partial charge in [-0.15, -0.1) is 0 Å². The lowest BCUT2D eigenvalue weighted by Crippen LogP contribution is -2.42. The lowest BCUT2D eigenvalue weighted by Gasteiger charge is -2.36. The molecule has 2 unspecified atom stereocenters. The molecule has 0 aromatic carbocycles. The van der Waals surface area contributed by atoms with E-state index in [1.54, 1.807) is 6.08 Å². The number of rotatable bonds is 3. The zero-order chi connectivity index (χ0) is 11.7. The molecule has 0 aliphatic carbocycles. The van der Waals surface area contributed by atoms with E-state index in [2.05, 4.69) is 33.9 Å². The first-order chi connectivity index (χ1) is 6.72. The topological polar surface area (TPSA) is 38.7 Å². The van der Waals surface area contributed by atoms with Gasteiger partial charge in [0.15, 0.2) is 14.6 Å².